The molecule has 0 spiro atoms. The van der Waals surface area contributed by atoms with E-state index in [1.807, 2.05) is 12.1 Å². The van der Waals surface area contributed by atoms with Gasteiger partial charge < -0.3 is 19.6 Å². The Hall–Kier alpha value is -1.51. The van der Waals surface area contributed by atoms with E-state index in [4.69, 9.17) is 13.9 Å². The standard InChI is InChI=1S/C18H28N4O2.HI/c1-4-10-19-18(20-11-9-14-8-7-12-23-14)21-13-15-16(5-2)22-24-17(15)6-3;/h7-8,12H,4-6,9-11,13H2,1-3H3,(H2,19,20,21);1H. The van der Waals surface area contributed by atoms with Gasteiger partial charge in [0.15, 0.2) is 5.96 Å². The monoisotopic (exact) mass is 460 g/mol. The number of aliphatic imine (C=N–C) groups is 1. The molecule has 2 aromatic heterocycles. The maximum absolute atomic E-state index is 5.41. The molecule has 2 rings (SSSR count). The number of aryl methyl sites for hydroxylation is 2. The lowest BCUT2D eigenvalue weighted by Crippen LogP contribution is -2.38. The van der Waals surface area contributed by atoms with Crippen LogP contribution in [0.4, 0.5) is 0 Å². The lowest BCUT2D eigenvalue weighted by Gasteiger charge is -2.11. The molecule has 0 aliphatic heterocycles. The van der Waals surface area contributed by atoms with Gasteiger partial charge in [-0.25, -0.2) is 4.99 Å². The molecule has 0 aliphatic carbocycles. The number of halogens is 1. The van der Waals surface area contributed by atoms with Crippen LogP contribution < -0.4 is 10.6 Å². The van der Waals surface area contributed by atoms with Crippen molar-refractivity contribution in [2.45, 2.75) is 53.0 Å². The molecule has 25 heavy (non-hydrogen) atoms. The minimum absolute atomic E-state index is 0. The zero-order valence-electron chi connectivity index (χ0n) is 15.3. The van der Waals surface area contributed by atoms with Gasteiger partial charge in [-0.05, 0) is 25.0 Å². The Morgan fingerprint density at radius 3 is 2.60 bits per heavy atom. The summed E-state index contributed by atoms with van der Waals surface area (Å²) in [5, 5.41) is 10.8. The van der Waals surface area contributed by atoms with Crippen LogP contribution in [0.3, 0.4) is 0 Å². The van der Waals surface area contributed by atoms with Gasteiger partial charge in [-0.15, -0.1) is 24.0 Å². The predicted molar refractivity (Wildman–Crippen MR) is 111 cm³/mol. The quantitative estimate of drug-likeness (QED) is 0.339. The predicted octanol–water partition coefficient (Wildman–Crippen LogP) is 3.70. The number of guanidine groups is 1. The fraction of sp³-hybridized carbons (Fsp3) is 0.556. The van der Waals surface area contributed by atoms with E-state index in [-0.39, 0.29) is 24.0 Å². The second-order valence-electron chi connectivity index (χ2n) is 5.59. The van der Waals surface area contributed by atoms with E-state index in [1.54, 1.807) is 6.26 Å². The van der Waals surface area contributed by atoms with Gasteiger partial charge in [0.2, 0.25) is 0 Å². The van der Waals surface area contributed by atoms with Crippen molar-refractivity contribution in [3.05, 3.63) is 41.2 Å². The van der Waals surface area contributed by atoms with E-state index in [0.29, 0.717) is 6.54 Å². The highest BCUT2D eigenvalue weighted by Crippen LogP contribution is 2.16. The molecule has 0 saturated heterocycles. The van der Waals surface area contributed by atoms with Crippen molar-refractivity contribution < 1.29 is 8.94 Å². The van der Waals surface area contributed by atoms with Crippen molar-refractivity contribution in [2.24, 2.45) is 4.99 Å². The van der Waals surface area contributed by atoms with Crippen molar-refractivity contribution >= 4 is 29.9 Å². The topological polar surface area (TPSA) is 75.6 Å². The summed E-state index contributed by atoms with van der Waals surface area (Å²) < 4.78 is 10.8. The minimum Gasteiger partial charge on any atom is -0.469 e. The number of hydrogen-bond acceptors (Lipinski definition) is 4. The Bertz CT molecular complexity index is 602. The van der Waals surface area contributed by atoms with Crippen molar-refractivity contribution in [1.29, 1.82) is 0 Å². The summed E-state index contributed by atoms with van der Waals surface area (Å²) in [7, 11) is 0. The molecule has 2 aromatic rings. The summed E-state index contributed by atoms with van der Waals surface area (Å²) in [6, 6.07) is 3.89. The maximum Gasteiger partial charge on any atom is 0.191 e. The van der Waals surface area contributed by atoms with Gasteiger partial charge in [-0.3, -0.25) is 0 Å². The third-order valence-electron chi connectivity index (χ3n) is 3.79. The molecule has 2 N–H and O–H groups in total. The van der Waals surface area contributed by atoms with Crippen LogP contribution in [-0.4, -0.2) is 24.2 Å². The Morgan fingerprint density at radius 1 is 1.16 bits per heavy atom. The minimum atomic E-state index is 0. The Balaban J connectivity index is 0.00000312. The molecule has 0 fully saturated rings. The fourth-order valence-electron chi connectivity index (χ4n) is 2.45. The van der Waals surface area contributed by atoms with E-state index < -0.39 is 0 Å². The molecule has 0 amide bonds. The van der Waals surface area contributed by atoms with Gasteiger partial charge in [0.1, 0.15) is 11.5 Å². The van der Waals surface area contributed by atoms with Crippen LogP contribution in [0.1, 0.15) is 50.0 Å². The van der Waals surface area contributed by atoms with Crippen LogP contribution in [0.2, 0.25) is 0 Å². The molecular weight excluding hydrogens is 431 g/mol. The lowest BCUT2D eigenvalue weighted by atomic mass is 10.1. The molecule has 0 bridgehead atoms. The molecule has 0 radical (unpaired) electrons. The number of hydrogen-bond donors (Lipinski definition) is 2. The molecule has 0 saturated carbocycles. The van der Waals surface area contributed by atoms with E-state index in [2.05, 4.69) is 36.6 Å². The summed E-state index contributed by atoms with van der Waals surface area (Å²) in [5.41, 5.74) is 2.12. The van der Waals surface area contributed by atoms with Gasteiger partial charge >= 0.3 is 0 Å². The summed E-state index contributed by atoms with van der Waals surface area (Å²) in [6.45, 7) is 8.53. The molecule has 0 aromatic carbocycles. The molecule has 6 nitrogen and oxygen atoms in total. The van der Waals surface area contributed by atoms with Crippen LogP contribution in [0, 0.1) is 0 Å². The SMILES string of the molecule is CCCNC(=NCc1c(CC)noc1CC)NCCc1ccco1.I. The summed E-state index contributed by atoms with van der Waals surface area (Å²) in [4.78, 5) is 4.70. The average molecular weight is 460 g/mol. The first-order valence-corrected chi connectivity index (χ1v) is 8.79. The van der Waals surface area contributed by atoms with Crippen LogP contribution in [-0.2, 0) is 25.8 Å². The largest absolute Gasteiger partial charge is 0.469 e. The lowest BCUT2D eigenvalue weighted by molar-refractivity contribution is 0.380. The van der Waals surface area contributed by atoms with Crippen LogP contribution >= 0.6 is 24.0 Å². The highest BCUT2D eigenvalue weighted by Gasteiger charge is 2.13. The first-order chi connectivity index (χ1) is 11.8. The van der Waals surface area contributed by atoms with E-state index >= 15 is 0 Å². The second-order valence-corrected chi connectivity index (χ2v) is 5.59. The third kappa shape index (κ3) is 6.72. The first-order valence-electron chi connectivity index (χ1n) is 8.79. The zero-order valence-corrected chi connectivity index (χ0v) is 17.6. The van der Waals surface area contributed by atoms with Crippen LogP contribution in [0.15, 0.2) is 32.3 Å². The number of nitrogens with zero attached hydrogens (tertiary/aromatic N) is 2. The average Bonchev–Trinajstić information content (AvgIpc) is 3.25. The van der Waals surface area contributed by atoms with Crippen molar-refractivity contribution in [1.82, 2.24) is 15.8 Å². The highest BCUT2D eigenvalue weighted by atomic mass is 127. The number of rotatable bonds is 9. The van der Waals surface area contributed by atoms with Gasteiger partial charge in [-0.2, -0.15) is 0 Å². The number of nitrogens with one attached hydrogen (secondary N) is 2. The Kier molecular flexibility index (Phi) is 10.3. The second kappa shape index (κ2) is 11.9. The zero-order chi connectivity index (χ0) is 17.2. The first kappa shape index (κ1) is 21.5. The van der Waals surface area contributed by atoms with Crippen molar-refractivity contribution in [2.75, 3.05) is 13.1 Å². The van der Waals surface area contributed by atoms with Gasteiger partial charge in [-0.1, -0.05) is 25.9 Å². The van der Waals surface area contributed by atoms with Gasteiger partial charge in [0.25, 0.3) is 0 Å². The van der Waals surface area contributed by atoms with E-state index in [1.165, 1.54) is 0 Å². The summed E-state index contributed by atoms with van der Waals surface area (Å²) in [6.07, 6.45) is 5.27. The highest BCUT2D eigenvalue weighted by molar-refractivity contribution is 14.0. The van der Waals surface area contributed by atoms with Gasteiger partial charge in [0, 0.05) is 31.5 Å². The van der Waals surface area contributed by atoms with Crippen LogP contribution in [0.25, 0.3) is 0 Å². The number of furan rings is 1. The maximum atomic E-state index is 5.41. The smallest absolute Gasteiger partial charge is 0.191 e. The van der Waals surface area contributed by atoms with E-state index in [0.717, 1.165) is 67.5 Å². The fourth-order valence-corrected chi connectivity index (χ4v) is 2.45. The molecule has 0 aliphatic rings. The van der Waals surface area contributed by atoms with Gasteiger partial charge in [0.05, 0.1) is 18.5 Å². The number of aromatic nitrogens is 1. The van der Waals surface area contributed by atoms with Crippen molar-refractivity contribution in [3.8, 4) is 0 Å². The van der Waals surface area contributed by atoms with E-state index in [9.17, 15) is 0 Å². The molecule has 7 heteroatoms. The third-order valence-corrected chi connectivity index (χ3v) is 3.79. The Morgan fingerprint density at radius 2 is 1.96 bits per heavy atom. The molecule has 0 atom stereocenters. The Labute approximate surface area is 166 Å². The van der Waals surface area contributed by atoms with Crippen molar-refractivity contribution in [3.63, 3.8) is 0 Å². The van der Waals surface area contributed by atoms with Crippen LogP contribution in [0.5, 0.6) is 0 Å². The molecule has 0 unspecified atom stereocenters. The normalized spacial score (nSPS) is 11.2. The summed E-state index contributed by atoms with van der Waals surface area (Å²) in [5.74, 6) is 2.72. The molecular formula is C18H29IN4O2. The molecule has 2 heterocycles. The molecule has 140 valence electrons. The summed E-state index contributed by atoms with van der Waals surface area (Å²) >= 11 is 0.